The Labute approximate surface area is 93.8 Å². The summed E-state index contributed by atoms with van der Waals surface area (Å²) in [6.45, 7) is 0. The summed E-state index contributed by atoms with van der Waals surface area (Å²) < 4.78 is 29.4. The van der Waals surface area contributed by atoms with Crippen LogP contribution in [0.5, 0.6) is 0 Å². The van der Waals surface area contributed by atoms with Crippen molar-refractivity contribution in [2.24, 2.45) is 0 Å². The van der Waals surface area contributed by atoms with Crippen LogP contribution in [0.25, 0.3) is 0 Å². The zero-order valence-corrected chi connectivity index (χ0v) is 9.94. The summed E-state index contributed by atoms with van der Waals surface area (Å²) >= 11 is 1.40. The Kier molecular flexibility index (Phi) is 4.44. The molecule has 84 valence electrons. The Balaban J connectivity index is 2.45. The molecule has 0 aliphatic rings. The summed E-state index contributed by atoms with van der Waals surface area (Å²) in [4.78, 5) is 0.984. The zero-order chi connectivity index (χ0) is 11.3. The monoisotopic (exact) mass is 247 g/mol. The van der Waals surface area contributed by atoms with Crippen LogP contribution in [0, 0.1) is 0 Å². The molecule has 4 nitrogen and oxygen atoms in total. The Hall–Kier alpha value is -0.720. The highest BCUT2D eigenvalue weighted by molar-refractivity contribution is 8.00. The molecule has 0 saturated carbocycles. The van der Waals surface area contributed by atoms with E-state index in [9.17, 15) is 8.42 Å². The molecule has 0 fully saturated rings. The number of nitrogens with one attached hydrogen (secondary N) is 1. The summed E-state index contributed by atoms with van der Waals surface area (Å²) in [5.41, 5.74) is 1.01. The number of anilines is 1. The fourth-order valence-electron chi connectivity index (χ4n) is 0.983. The van der Waals surface area contributed by atoms with Crippen molar-refractivity contribution in [3.63, 3.8) is 0 Å². The van der Waals surface area contributed by atoms with Gasteiger partial charge in [-0.1, -0.05) is 0 Å². The lowest BCUT2D eigenvalue weighted by molar-refractivity contribution is 0.485. The predicted molar refractivity (Wildman–Crippen MR) is 63.1 cm³/mol. The van der Waals surface area contributed by atoms with E-state index >= 15 is 0 Å². The Morgan fingerprint density at radius 3 is 2.40 bits per heavy atom. The first-order chi connectivity index (χ1) is 7.01. The molecule has 0 amide bonds. The van der Waals surface area contributed by atoms with Crippen molar-refractivity contribution in [3.05, 3.63) is 24.3 Å². The van der Waals surface area contributed by atoms with Crippen LogP contribution < -0.4 is 5.32 Å². The SMILES string of the molecule is CNc1ccc(SCCS(=O)(=O)O)cc1. The molecule has 1 rings (SSSR count). The lowest BCUT2D eigenvalue weighted by Crippen LogP contribution is -2.05. The molecule has 1 aromatic rings. The molecule has 2 N–H and O–H groups in total. The van der Waals surface area contributed by atoms with Crippen molar-refractivity contribution < 1.29 is 13.0 Å². The highest BCUT2D eigenvalue weighted by Crippen LogP contribution is 2.20. The van der Waals surface area contributed by atoms with E-state index in [4.69, 9.17) is 4.55 Å². The predicted octanol–water partition coefficient (Wildman–Crippen LogP) is 1.71. The molecular formula is C9H13NO3S2. The average molecular weight is 247 g/mol. The van der Waals surface area contributed by atoms with Crippen LogP contribution in [0.2, 0.25) is 0 Å². The largest absolute Gasteiger partial charge is 0.388 e. The minimum Gasteiger partial charge on any atom is -0.388 e. The average Bonchev–Trinajstić information content (AvgIpc) is 2.17. The fraction of sp³-hybridized carbons (Fsp3) is 0.333. The lowest BCUT2D eigenvalue weighted by atomic mass is 10.3. The van der Waals surface area contributed by atoms with Gasteiger partial charge in [-0.05, 0) is 24.3 Å². The van der Waals surface area contributed by atoms with Crippen molar-refractivity contribution in [2.75, 3.05) is 23.9 Å². The second-order valence-electron chi connectivity index (χ2n) is 2.91. The first-order valence-electron chi connectivity index (χ1n) is 4.37. The Bertz CT molecular complexity index is 400. The molecule has 0 saturated heterocycles. The molecule has 1 aromatic carbocycles. The van der Waals surface area contributed by atoms with Crippen LogP contribution in [0.15, 0.2) is 29.2 Å². The normalized spacial score (nSPS) is 11.3. The van der Waals surface area contributed by atoms with Crippen LogP contribution >= 0.6 is 11.8 Å². The first kappa shape index (κ1) is 12.4. The number of rotatable bonds is 5. The van der Waals surface area contributed by atoms with Gasteiger partial charge in [-0.3, -0.25) is 4.55 Å². The molecule has 0 unspecified atom stereocenters. The second-order valence-corrected chi connectivity index (χ2v) is 5.65. The highest BCUT2D eigenvalue weighted by Gasteiger charge is 2.04. The van der Waals surface area contributed by atoms with E-state index in [-0.39, 0.29) is 5.75 Å². The van der Waals surface area contributed by atoms with E-state index < -0.39 is 10.1 Å². The summed E-state index contributed by atoms with van der Waals surface area (Å²) in [5.74, 6) is 0.142. The third-order valence-corrected chi connectivity index (χ3v) is 3.75. The maximum absolute atomic E-state index is 10.5. The topological polar surface area (TPSA) is 66.4 Å². The van der Waals surface area contributed by atoms with Gasteiger partial charge in [-0.2, -0.15) is 8.42 Å². The van der Waals surface area contributed by atoms with Gasteiger partial charge >= 0.3 is 0 Å². The van der Waals surface area contributed by atoms with Gasteiger partial charge in [0.15, 0.2) is 0 Å². The summed E-state index contributed by atoms with van der Waals surface area (Å²) in [6.07, 6.45) is 0. The van der Waals surface area contributed by atoms with Crippen LogP contribution in [0.3, 0.4) is 0 Å². The lowest BCUT2D eigenvalue weighted by Gasteiger charge is -2.02. The van der Waals surface area contributed by atoms with E-state index in [1.54, 1.807) is 0 Å². The van der Waals surface area contributed by atoms with Crippen molar-refractivity contribution in [1.29, 1.82) is 0 Å². The number of hydrogen-bond acceptors (Lipinski definition) is 4. The molecule has 0 bridgehead atoms. The third-order valence-electron chi connectivity index (χ3n) is 1.75. The van der Waals surface area contributed by atoms with E-state index in [0.29, 0.717) is 5.75 Å². The number of hydrogen-bond donors (Lipinski definition) is 2. The Morgan fingerprint density at radius 1 is 1.33 bits per heavy atom. The summed E-state index contributed by atoms with van der Waals surface area (Å²) in [7, 11) is -2.01. The smallest absolute Gasteiger partial charge is 0.265 e. The fourth-order valence-corrected chi connectivity index (χ4v) is 2.72. The summed E-state index contributed by atoms with van der Waals surface area (Å²) in [6, 6.07) is 7.63. The van der Waals surface area contributed by atoms with Gasteiger partial charge in [0.05, 0.1) is 5.75 Å². The van der Waals surface area contributed by atoms with E-state index in [1.807, 2.05) is 31.3 Å². The van der Waals surface area contributed by atoms with Gasteiger partial charge in [-0.25, -0.2) is 0 Å². The van der Waals surface area contributed by atoms with Crippen LogP contribution in [0.1, 0.15) is 0 Å². The maximum atomic E-state index is 10.5. The second kappa shape index (κ2) is 5.39. The van der Waals surface area contributed by atoms with E-state index in [1.165, 1.54) is 11.8 Å². The quantitative estimate of drug-likeness (QED) is 0.612. The molecule has 15 heavy (non-hydrogen) atoms. The number of benzene rings is 1. The van der Waals surface area contributed by atoms with Gasteiger partial charge < -0.3 is 5.32 Å². The molecule has 0 aliphatic heterocycles. The molecule has 6 heteroatoms. The van der Waals surface area contributed by atoms with Gasteiger partial charge in [0.25, 0.3) is 10.1 Å². The van der Waals surface area contributed by atoms with E-state index in [2.05, 4.69) is 5.32 Å². The molecular weight excluding hydrogens is 234 g/mol. The van der Waals surface area contributed by atoms with Gasteiger partial charge in [0.2, 0.25) is 0 Å². The van der Waals surface area contributed by atoms with Crippen molar-refractivity contribution in [3.8, 4) is 0 Å². The molecule has 0 atom stereocenters. The third kappa shape index (κ3) is 5.06. The van der Waals surface area contributed by atoms with Crippen molar-refractivity contribution >= 4 is 27.6 Å². The molecule has 0 aromatic heterocycles. The first-order valence-corrected chi connectivity index (χ1v) is 6.96. The van der Waals surface area contributed by atoms with Crippen LogP contribution in [-0.2, 0) is 10.1 Å². The highest BCUT2D eigenvalue weighted by atomic mass is 32.2. The maximum Gasteiger partial charge on any atom is 0.265 e. The molecule has 0 heterocycles. The summed E-state index contributed by atoms with van der Waals surface area (Å²) in [5, 5.41) is 2.99. The molecule has 0 aliphatic carbocycles. The van der Waals surface area contributed by atoms with Crippen molar-refractivity contribution in [1.82, 2.24) is 0 Å². The number of thioether (sulfide) groups is 1. The standard InChI is InChI=1S/C9H13NO3S2/c1-10-8-2-4-9(5-3-8)14-6-7-15(11,12)13/h2-5,10H,6-7H2,1H3,(H,11,12,13). The van der Waals surface area contributed by atoms with Crippen LogP contribution in [-0.4, -0.2) is 31.5 Å². The van der Waals surface area contributed by atoms with E-state index in [0.717, 1.165) is 10.6 Å². The minimum absolute atomic E-state index is 0.217. The van der Waals surface area contributed by atoms with Gasteiger partial charge in [0.1, 0.15) is 0 Å². The zero-order valence-electron chi connectivity index (χ0n) is 8.30. The minimum atomic E-state index is -3.84. The van der Waals surface area contributed by atoms with Gasteiger partial charge in [-0.15, -0.1) is 11.8 Å². The molecule has 0 radical (unpaired) electrons. The van der Waals surface area contributed by atoms with Crippen molar-refractivity contribution in [2.45, 2.75) is 4.90 Å². The van der Waals surface area contributed by atoms with Crippen LogP contribution in [0.4, 0.5) is 5.69 Å². The molecule has 0 spiro atoms. The van der Waals surface area contributed by atoms with Gasteiger partial charge in [0, 0.05) is 23.4 Å². The Morgan fingerprint density at radius 2 is 1.93 bits per heavy atom.